The zero-order valence-electron chi connectivity index (χ0n) is 2.67. The van der Waals surface area contributed by atoms with Gasteiger partial charge >= 0.3 is 51.4 Å². The number of hydrogen-bond donors (Lipinski definition) is 1. The molecule has 5 heteroatoms. The number of hydrogen-bond acceptors (Lipinski definition) is 2. The summed E-state index contributed by atoms with van der Waals surface area (Å²) in [5.74, 6) is 0. The quantitative estimate of drug-likeness (QED) is 0.285. The molecule has 0 bridgehead atoms. The van der Waals surface area contributed by atoms with Gasteiger partial charge in [0.1, 0.15) is 0 Å². The third-order valence-corrected chi connectivity index (χ3v) is 0. The van der Waals surface area contributed by atoms with E-state index in [4.69, 9.17) is 13.3 Å². The first-order chi connectivity index (χ1) is 1.73. The summed E-state index contributed by atoms with van der Waals surface area (Å²) in [5, 5.41) is 0. The standard InChI is InChI=1S/CH4.K.H2O3S/c;;1-4(2)3/h1H4;;(H2,1,2,3)/q;+1;/p-1. The molecule has 0 aromatic carbocycles. The molecule has 0 saturated carbocycles. The fourth-order valence-corrected chi connectivity index (χ4v) is 0. The molecule has 0 heterocycles. The van der Waals surface area contributed by atoms with Crippen LogP contribution in [0.15, 0.2) is 0 Å². The summed E-state index contributed by atoms with van der Waals surface area (Å²) in [6, 6.07) is 0. The van der Waals surface area contributed by atoms with Gasteiger partial charge in [0.15, 0.2) is 0 Å². The van der Waals surface area contributed by atoms with E-state index in [1.807, 2.05) is 0 Å². The molecule has 0 aromatic heterocycles. The van der Waals surface area contributed by atoms with Gasteiger partial charge in [0.25, 0.3) is 0 Å². The van der Waals surface area contributed by atoms with Crippen LogP contribution in [0.5, 0.6) is 0 Å². The molecule has 1 atom stereocenters. The van der Waals surface area contributed by atoms with Crippen molar-refractivity contribution < 1.29 is 64.7 Å². The minimum atomic E-state index is -2.86. The van der Waals surface area contributed by atoms with Crippen molar-refractivity contribution in [1.82, 2.24) is 0 Å². The SMILES string of the molecule is C.O=S([O-])O.[K+]. The molecule has 0 aliphatic carbocycles. The molecule has 1 N–H and O–H groups in total. The van der Waals surface area contributed by atoms with Crippen molar-refractivity contribution in [3.05, 3.63) is 0 Å². The summed E-state index contributed by atoms with van der Waals surface area (Å²) >= 11 is -2.86. The molecule has 0 amide bonds. The van der Waals surface area contributed by atoms with E-state index >= 15 is 0 Å². The molecule has 0 aromatic rings. The zero-order valence-corrected chi connectivity index (χ0v) is 6.61. The maximum atomic E-state index is 8.56. The minimum absolute atomic E-state index is 0. The monoisotopic (exact) mass is 136 g/mol. The van der Waals surface area contributed by atoms with Gasteiger partial charge in [-0.1, -0.05) is 7.43 Å². The van der Waals surface area contributed by atoms with Crippen LogP contribution >= 0.6 is 0 Å². The average Bonchev–Trinajstić information content (AvgIpc) is 0.811. The molecule has 0 rings (SSSR count). The summed E-state index contributed by atoms with van der Waals surface area (Å²) in [5.41, 5.74) is 0. The van der Waals surface area contributed by atoms with Gasteiger partial charge in [-0.15, -0.1) is 0 Å². The van der Waals surface area contributed by atoms with Crippen LogP contribution in [-0.4, -0.2) is 13.3 Å². The summed E-state index contributed by atoms with van der Waals surface area (Å²) in [6.07, 6.45) is 0. The normalized spacial score (nSPS) is 10.3. The van der Waals surface area contributed by atoms with Crippen LogP contribution < -0.4 is 51.4 Å². The van der Waals surface area contributed by atoms with Gasteiger partial charge in [-0.25, -0.2) is 4.21 Å². The van der Waals surface area contributed by atoms with Crippen LogP contribution in [-0.2, 0) is 11.4 Å². The Balaban J connectivity index is -0.0000000450. The van der Waals surface area contributed by atoms with Gasteiger partial charge in [-0.05, 0) is 0 Å². The van der Waals surface area contributed by atoms with Crippen LogP contribution in [0.3, 0.4) is 0 Å². The molecular weight excluding hydrogens is 131 g/mol. The first-order valence-corrected chi connectivity index (χ1v) is 1.55. The predicted molar refractivity (Wildman–Crippen MR) is 18.3 cm³/mol. The fourth-order valence-electron chi connectivity index (χ4n) is 0. The molecule has 3 nitrogen and oxygen atoms in total. The largest absolute Gasteiger partial charge is 1.00 e. The van der Waals surface area contributed by atoms with Crippen LogP contribution in [0.4, 0.5) is 0 Å². The third kappa shape index (κ3) is 43.4. The van der Waals surface area contributed by atoms with E-state index in [9.17, 15) is 0 Å². The van der Waals surface area contributed by atoms with E-state index in [1.54, 1.807) is 0 Å². The molecule has 6 heavy (non-hydrogen) atoms. The fraction of sp³-hybridized carbons (Fsp3) is 1.00. The van der Waals surface area contributed by atoms with Crippen molar-refractivity contribution in [2.75, 3.05) is 0 Å². The first-order valence-electron chi connectivity index (χ1n) is 0.516. The Bertz CT molecular complexity index is 33.8. The van der Waals surface area contributed by atoms with Gasteiger partial charge in [0, 0.05) is 0 Å². The summed E-state index contributed by atoms with van der Waals surface area (Å²) in [4.78, 5) is 0. The topological polar surface area (TPSA) is 60.4 Å². The van der Waals surface area contributed by atoms with Crippen LogP contribution in [0.1, 0.15) is 7.43 Å². The van der Waals surface area contributed by atoms with Gasteiger partial charge in [0.2, 0.25) is 0 Å². The minimum Gasteiger partial charge on any atom is -0.750 e. The molecule has 0 aliphatic rings. The predicted octanol–water partition coefficient (Wildman–Crippen LogP) is -3.02. The molecule has 34 valence electrons. The van der Waals surface area contributed by atoms with Crippen LogP contribution in [0.25, 0.3) is 0 Å². The van der Waals surface area contributed by atoms with E-state index in [2.05, 4.69) is 0 Å². The third-order valence-electron chi connectivity index (χ3n) is 0. The molecule has 1 unspecified atom stereocenters. The second kappa shape index (κ2) is 9.86. The Kier molecular flexibility index (Phi) is 25.7. The smallest absolute Gasteiger partial charge is 0.750 e. The maximum absolute atomic E-state index is 8.56. The zero-order chi connectivity index (χ0) is 3.58. The van der Waals surface area contributed by atoms with Gasteiger partial charge in [-0.3, -0.25) is 0 Å². The van der Waals surface area contributed by atoms with E-state index in [1.165, 1.54) is 0 Å². The molecule has 0 saturated heterocycles. The average molecular weight is 136 g/mol. The van der Waals surface area contributed by atoms with Gasteiger partial charge < -0.3 is 9.11 Å². The Hall–Kier alpha value is 1.71. The first kappa shape index (κ1) is 15.6. The van der Waals surface area contributed by atoms with Gasteiger partial charge in [-0.2, -0.15) is 0 Å². The van der Waals surface area contributed by atoms with Crippen molar-refractivity contribution in [2.24, 2.45) is 0 Å². The van der Waals surface area contributed by atoms with Crippen molar-refractivity contribution in [1.29, 1.82) is 0 Å². The van der Waals surface area contributed by atoms with Crippen molar-refractivity contribution >= 4 is 11.4 Å². The van der Waals surface area contributed by atoms with Gasteiger partial charge in [0.05, 0.1) is 11.4 Å². The van der Waals surface area contributed by atoms with E-state index in [0.29, 0.717) is 0 Å². The Morgan fingerprint density at radius 3 is 1.67 bits per heavy atom. The summed E-state index contributed by atoms with van der Waals surface area (Å²) in [6.45, 7) is 0. The maximum Gasteiger partial charge on any atom is 1.00 e. The van der Waals surface area contributed by atoms with Crippen LogP contribution in [0, 0.1) is 0 Å². The van der Waals surface area contributed by atoms with E-state index in [0.717, 1.165) is 0 Å². The molecule has 0 spiro atoms. The van der Waals surface area contributed by atoms with Crippen molar-refractivity contribution in [2.45, 2.75) is 7.43 Å². The molecular formula is CH5KO3S. The molecule has 0 aliphatic heterocycles. The van der Waals surface area contributed by atoms with Crippen LogP contribution in [0.2, 0.25) is 0 Å². The second-order valence-corrected chi connectivity index (χ2v) is 0.651. The summed E-state index contributed by atoms with van der Waals surface area (Å²) < 4.78 is 24.1. The molecule has 0 fully saturated rings. The van der Waals surface area contributed by atoms with E-state index in [-0.39, 0.29) is 58.8 Å². The Labute approximate surface area is 82.0 Å². The Morgan fingerprint density at radius 2 is 1.67 bits per heavy atom. The Morgan fingerprint density at radius 1 is 1.67 bits per heavy atom. The van der Waals surface area contributed by atoms with E-state index < -0.39 is 11.4 Å². The summed E-state index contributed by atoms with van der Waals surface area (Å²) in [7, 11) is 0. The second-order valence-electron chi connectivity index (χ2n) is 0.217. The van der Waals surface area contributed by atoms with Crippen molar-refractivity contribution in [3.63, 3.8) is 0 Å². The molecule has 0 radical (unpaired) electrons. The van der Waals surface area contributed by atoms with Crippen molar-refractivity contribution in [3.8, 4) is 0 Å². The number of rotatable bonds is 0.